The molecule has 1 atom stereocenters. The molecule has 1 unspecified atom stereocenters. The van der Waals surface area contributed by atoms with E-state index in [2.05, 4.69) is 27.7 Å². The first-order chi connectivity index (χ1) is 4.16. The van der Waals surface area contributed by atoms with Crippen LogP contribution in [0.15, 0.2) is 0 Å². The SMILES string of the molecule is CCC(C)CC[C-](C)C. The molecule has 0 N–H and O–H groups in total. The lowest BCUT2D eigenvalue weighted by Crippen LogP contribution is -1.94. The van der Waals surface area contributed by atoms with Gasteiger partial charge < -0.3 is 5.92 Å². The summed E-state index contributed by atoms with van der Waals surface area (Å²) in [6, 6.07) is 0. The van der Waals surface area contributed by atoms with E-state index in [1.807, 2.05) is 0 Å². The molecule has 0 amide bonds. The second-order valence-electron chi connectivity index (χ2n) is 3.26. The quantitative estimate of drug-likeness (QED) is 0.507. The highest BCUT2D eigenvalue weighted by atomic mass is 14.1. The van der Waals surface area contributed by atoms with Crippen molar-refractivity contribution in [3.63, 3.8) is 0 Å². The largest absolute Gasteiger partial charge is 0.320 e. The van der Waals surface area contributed by atoms with Gasteiger partial charge in [0, 0.05) is 0 Å². The van der Waals surface area contributed by atoms with Gasteiger partial charge in [0.2, 0.25) is 0 Å². The minimum Gasteiger partial charge on any atom is -0.320 e. The Balaban J connectivity index is 3.06. The van der Waals surface area contributed by atoms with Gasteiger partial charge in [-0.05, 0) is 5.92 Å². The Morgan fingerprint density at radius 2 is 1.89 bits per heavy atom. The van der Waals surface area contributed by atoms with Crippen molar-refractivity contribution in [2.24, 2.45) is 5.92 Å². The minimum atomic E-state index is 0.917. The van der Waals surface area contributed by atoms with Crippen molar-refractivity contribution in [3.05, 3.63) is 5.92 Å². The van der Waals surface area contributed by atoms with Gasteiger partial charge >= 0.3 is 0 Å². The molecule has 9 heavy (non-hydrogen) atoms. The molecule has 0 aromatic carbocycles. The molecule has 0 bridgehead atoms. The normalized spacial score (nSPS) is 14.3. The van der Waals surface area contributed by atoms with Crippen LogP contribution >= 0.6 is 0 Å². The van der Waals surface area contributed by atoms with Crippen LogP contribution in [0.25, 0.3) is 0 Å². The van der Waals surface area contributed by atoms with Crippen molar-refractivity contribution >= 4 is 0 Å². The van der Waals surface area contributed by atoms with Gasteiger partial charge in [0.25, 0.3) is 0 Å². The van der Waals surface area contributed by atoms with Gasteiger partial charge in [0.1, 0.15) is 0 Å². The molecule has 0 aromatic heterocycles. The highest BCUT2D eigenvalue weighted by Gasteiger charge is 1.93. The smallest absolute Gasteiger partial charge is 0.0470 e. The maximum Gasteiger partial charge on any atom is -0.0470 e. The van der Waals surface area contributed by atoms with Crippen LogP contribution in [0.1, 0.15) is 47.0 Å². The van der Waals surface area contributed by atoms with Crippen LogP contribution in [0.5, 0.6) is 0 Å². The van der Waals surface area contributed by atoms with Gasteiger partial charge in [-0.1, -0.05) is 26.7 Å². The second kappa shape index (κ2) is 4.84. The third-order valence-corrected chi connectivity index (χ3v) is 1.83. The Labute approximate surface area is 59.7 Å². The van der Waals surface area contributed by atoms with Crippen LogP contribution in [0.2, 0.25) is 0 Å². The molecule has 0 rings (SSSR count). The van der Waals surface area contributed by atoms with Crippen LogP contribution in [0.3, 0.4) is 0 Å². The van der Waals surface area contributed by atoms with Gasteiger partial charge in [0.15, 0.2) is 0 Å². The summed E-state index contributed by atoms with van der Waals surface area (Å²) in [5, 5.41) is 0. The standard InChI is InChI=1S/C9H19/c1-5-9(4)7-6-8(2)3/h9H,5-7H2,1-4H3/q-1. The van der Waals surface area contributed by atoms with Gasteiger partial charge in [0.05, 0.1) is 0 Å². The Morgan fingerprint density at radius 1 is 1.33 bits per heavy atom. The number of hydrogen-bond donors (Lipinski definition) is 0. The Hall–Kier alpha value is 0. The third-order valence-electron chi connectivity index (χ3n) is 1.83. The molecule has 0 radical (unpaired) electrons. The summed E-state index contributed by atoms with van der Waals surface area (Å²) in [5.74, 6) is 2.48. The molecule has 0 aliphatic heterocycles. The van der Waals surface area contributed by atoms with E-state index in [-0.39, 0.29) is 0 Å². The van der Waals surface area contributed by atoms with E-state index in [0.717, 1.165) is 5.92 Å². The Kier molecular flexibility index (Phi) is 4.84. The molecular formula is C9H19-. The molecule has 0 aliphatic carbocycles. The van der Waals surface area contributed by atoms with E-state index < -0.39 is 0 Å². The maximum absolute atomic E-state index is 2.32. The van der Waals surface area contributed by atoms with Gasteiger partial charge in [-0.2, -0.15) is 20.3 Å². The van der Waals surface area contributed by atoms with Crippen molar-refractivity contribution in [3.8, 4) is 0 Å². The molecule has 0 heterocycles. The zero-order chi connectivity index (χ0) is 7.28. The number of hydrogen-bond acceptors (Lipinski definition) is 0. The molecule has 0 aliphatic rings. The van der Waals surface area contributed by atoms with E-state index in [1.165, 1.54) is 19.3 Å². The average Bonchev–Trinajstić information content (AvgIpc) is 1.83. The van der Waals surface area contributed by atoms with Crippen LogP contribution in [-0.2, 0) is 0 Å². The van der Waals surface area contributed by atoms with Crippen LogP contribution < -0.4 is 0 Å². The van der Waals surface area contributed by atoms with Crippen molar-refractivity contribution < 1.29 is 0 Å². The highest BCUT2D eigenvalue weighted by molar-refractivity contribution is 4.76. The van der Waals surface area contributed by atoms with Crippen LogP contribution in [-0.4, -0.2) is 0 Å². The predicted octanol–water partition coefficient (Wildman–Crippen LogP) is 3.43. The summed E-state index contributed by atoms with van der Waals surface area (Å²) in [6.45, 7) is 9.00. The predicted molar refractivity (Wildman–Crippen MR) is 43.3 cm³/mol. The van der Waals surface area contributed by atoms with Crippen molar-refractivity contribution in [2.45, 2.75) is 47.0 Å². The molecule has 0 spiro atoms. The summed E-state index contributed by atoms with van der Waals surface area (Å²) in [7, 11) is 0. The van der Waals surface area contributed by atoms with Crippen LogP contribution in [0, 0.1) is 11.8 Å². The third kappa shape index (κ3) is 5.88. The first-order valence-electron chi connectivity index (χ1n) is 3.95. The lowest BCUT2D eigenvalue weighted by molar-refractivity contribution is 0.502. The van der Waals surface area contributed by atoms with Crippen LogP contribution in [0.4, 0.5) is 0 Å². The first kappa shape index (κ1) is 9.00. The minimum absolute atomic E-state index is 0.917. The van der Waals surface area contributed by atoms with Crippen molar-refractivity contribution in [2.75, 3.05) is 0 Å². The summed E-state index contributed by atoms with van der Waals surface area (Å²) >= 11 is 0. The fourth-order valence-corrected chi connectivity index (χ4v) is 0.739. The molecule has 0 saturated heterocycles. The van der Waals surface area contributed by atoms with E-state index in [1.54, 1.807) is 5.92 Å². The Morgan fingerprint density at radius 3 is 2.22 bits per heavy atom. The fourth-order valence-electron chi connectivity index (χ4n) is 0.739. The van der Waals surface area contributed by atoms with Gasteiger partial charge in [-0.3, -0.25) is 0 Å². The molecule has 0 saturated carbocycles. The summed E-state index contributed by atoms with van der Waals surface area (Å²) in [5.41, 5.74) is 0. The molecule has 56 valence electrons. The first-order valence-corrected chi connectivity index (χ1v) is 3.95. The molecule has 0 aromatic rings. The maximum atomic E-state index is 2.32. The summed E-state index contributed by atoms with van der Waals surface area (Å²) < 4.78 is 0. The van der Waals surface area contributed by atoms with Crippen molar-refractivity contribution in [1.82, 2.24) is 0 Å². The zero-order valence-electron chi connectivity index (χ0n) is 7.20. The van der Waals surface area contributed by atoms with Crippen molar-refractivity contribution in [1.29, 1.82) is 0 Å². The lowest BCUT2D eigenvalue weighted by atomic mass is 9.98. The van der Waals surface area contributed by atoms with E-state index in [4.69, 9.17) is 0 Å². The van der Waals surface area contributed by atoms with E-state index in [0.29, 0.717) is 0 Å². The number of rotatable bonds is 4. The monoisotopic (exact) mass is 127 g/mol. The van der Waals surface area contributed by atoms with E-state index in [9.17, 15) is 0 Å². The van der Waals surface area contributed by atoms with E-state index >= 15 is 0 Å². The lowest BCUT2D eigenvalue weighted by Gasteiger charge is -2.19. The zero-order valence-corrected chi connectivity index (χ0v) is 7.20. The molecule has 0 fully saturated rings. The second-order valence-corrected chi connectivity index (χ2v) is 3.26. The van der Waals surface area contributed by atoms with Gasteiger partial charge in [-0.25, -0.2) is 0 Å². The summed E-state index contributed by atoms with van der Waals surface area (Å²) in [6.07, 6.45) is 4.01. The molecular weight excluding hydrogens is 108 g/mol. The van der Waals surface area contributed by atoms with Gasteiger partial charge in [-0.15, -0.1) is 0 Å². The average molecular weight is 127 g/mol. The molecule has 0 heteroatoms. The topological polar surface area (TPSA) is 0 Å². The Bertz CT molecular complexity index is 55.1. The molecule has 0 nitrogen and oxygen atoms in total. The fraction of sp³-hybridized carbons (Fsp3) is 0.889. The summed E-state index contributed by atoms with van der Waals surface area (Å²) in [4.78, 5) is 0. The highest BCUT2D eigenvalue weighted by Crippen LogP contribution is 2.14.